The van der Waals surface area contributed by atoms with Gasteiger partial charge in [0.15, 0.2) is 5.76 Å². The Morgan fingerprint density at radius 2 is 2.24 bits per heavy atom. The molecule has 0 bridgehead atoms. The second-order valence-electron chi connectivity index (χ2n) is 4.85. The lowest BCUT2D eigenvalue weighted by atomic mass is 9.95. The molecule has 0 amide bonds. The maximum absolute atomic E-state index is 10.9. The summed E-state index contributed by atoms with van der Waals surface area (Å²) in [6, 6.07) is 1.48. The van der Waals surface area contributed by atoms with E-state index in [9.17, 15) is 4.79 Å². The SMILES string of the molecule is COC1(c2nc(-c3cc(C(=O)O)co3)cs2)CCOCC1. The van der Waals surface area contributed by atoms with Crippen LogP contribution in [0.1, 0.15) is 28.2 Å². The molecule has 3 rings (SSSR count). The van der Waals surface area contributed by atoms with Crippen LogP contribution in [-0.2, 0) is 15.1 Å². The fourth-order valence-electron chi connectivity index (χ4n) is 2.39. The number of thiazole rings is 1. The molecule has 1 N–H and O–H groups in total. The van der Waals surface area contributed by atoms with Gasteiger partial charge in [-0.25, -0.2) is 9.78 Å². The first-order valence-corrected chi connectivity index (χ1v) is 7.44. The maximum atomic E-state index is 10.9. The summed E-state index contributed by atoms with van der Waals surface area (Å²) in [5.41, 5.74) is 0.334. The second-order valence-corrected chi connectivity index (χ2v) is 5.71. The van der Waals surface area contributed by atoms with Crippen LogP contribution in [0, 0.1) is 0 Å². The van der Waals surface area contributed by atoms with Crippen molar-refractivity contribution in [2.24, 2.45) is 0 Å². The number of ether oxygens (including phenoxy) is 2. The van der Waals surface area contributed by atoms with E-state index in [1.54, 1.807) is 7.11 Å². The van der Waals surface area contributed by atoms with Crippen LogP contribution in [0.25, 0.3) is 11.5 Å². The van der Waals surface area contributed by atoms with E-state index < -0.39 is 11.6 Å². The maximum Gasteiger partial charge on any atom is 0.338 e. The molecule has 0 unspecified atom stereocenters. The molecule has 1 fully saturated rings. The van der Waals surface area contributed by atoms with Crippen LogP contribution in [0.3, 0.4) is 0 Å². The van der Waals surface area contributed by atoms with Gasteiger partial charge in [0, 0.05) is 44.6 Å². The van der Waals surface area contributed by atoms with E-state index >= 15 is 0 Å². The number of furan rings is 1. The van der Waals surface area contributed by atoms with Gasteiger partial charge in [-0.1, -0.05) is 0 Å². The third kappa shape index (κ3) is 2.59. The highest BCUT2D eigenvalue weighted by Crippen LogP contribution is 2.38. The molecule has 112 valence electrons. The Kier molecular flexibility index (Phi) is 3.79. The predicted molar refractivity (Wildman–Crippen MR) is 75.5 cm³/mol. The molecule has 0 atom stereocenters. The van der Waals surface area contributed by atoms with Crippen molar-refractivity contribution in [1.29, 1.82) is 0 Å². The molecule has 0 aromatic carbocycles. The van der Waals surface area contributed by atoms with Crippen LogP contribution in [-0.4, -0.2) is 36.4 Å². The van der Waals surface area contributed by atoms with E-state index in [4.69, 9.17) is 19.0 Å². The third-order valence-corrected chi connectivity index (χ3v) is 4.71. The van der Waals surface area contributed by atoms with E-state index in [2.05, 4.69) is 4.98 Å². The molecule has 1 aliphatic heterocycles. The number of carboxylic acids is 1. The van der Waals surface area contributed by atoms with Gasteiger partial charge >= 0.3 is 5.97 Å². The Balaban J connectivity index is 1.89. The number of aromatic carboxylic acids is 1. The van der Waals surface area contributed by atoms with E-state index in [1.165, 1.54) is 23.7 Å². The van der Waals surface area contributed by atoms with Crippen molar-refractivity contribution < 1.29 is 23.8 Å². The Hall–Kier alpha value is -1.70. The zero-order valence-electron chi connectivity index (χ0n) is 11.5. The molecular formula is C14H15NO5S. The van der Waals surface area contributed by atoms with Crippen LogP contribution in [0.5, 0.6) is 0 Å². The Morgan fingerprint density at radius 3 is 2.86 bits per heavy atom. The average Bonchev–Trinajstić information content (AvgIpc) is 3.17. The second kappa shape index (κ2) is 5.59. The summed E-state index contributed by atoms with van der Waals surface area (Å²) in [6.45, 7) is 1.29. The summed E-state index contributed by atoms with van der Waals surface area (Å²) >= 11 is 1.49. The lowest BCUT2D eigenvalue weighted by Crippen LogP contribution is -2.35. The highest BCUT2D eigenvalue weighted by Gasteiger charge is 2.37. The van der Waals surface area contributed by atoms with Gasteiger partial charge < -0.3 is 19.0 Å². The molecule has 6 nitrogen and oxygen atoms in total. The molecule has 0 aliphatic carbocycles. The van der Waals surface area contributed by atoms with Gasteiger partial charge in [0.25, 0.3) is 0 Å². The number of aromatic nitrogens is 1. The van der Waals surface area contributed by atoms with Crippen molar-refractivity contribution in [3.8, 4) is 11.5 Å². The molecule has 0 spiro atoms. The molecule has 0 radical (unpaired) electrons. The Bertz CT molecular complexity index is 641. The number of rotatable bonds is 4. The first-order valence-electron chi connectivity index (χ1n) is 6.56. The highest BCUT2D eigenvalue weighted by molar-refractivity contribution is 7.10. The molecule has 3 heterocycles. The van der Waals surface area contributed by atoms with Crippen molar-refractivity contribution in [2.75, 3.05) is 20.3 Å². The van der Waals surface area contributed by atoms with Crippen molar-refractivity contribution in [1.82, 2.24) is 4.98 Å². The van der Waals surface area contributed by atoms with Crippen molar-refractivity contribution in [3.63, 3.8) is 0 Å². The lowest BCUT2D eigenvalue weighted by molar-refractivity contribution is -0.0947. The fourth-order valence-corrected chi connectivity index (χ4v) is 3.43. The predicted octanol–water partition coefficient (Wildman–Crippen LogP) is 2.75. The molecular weight excluding hydrogens is 294 g/mol. The quantitative estimate of drug-likeness (QED) is 0.935. The number of carboxylic acid groups (broad SMARTS) is 1. The number of nitrogens with zero attached hydrogens (tertiary/aromatic N) is 1. The summed E-state index contributed by atoms with van der Waals surface area (Å²) in [5.74, 6) is -0.563. The summed E-state index contributed by atoms with van der Waals surface area (Å²) in [4.78, 5) is 15.5. The van der Waals surface area contributed by atoms with E-state index in [1.807, 2.05) is 5.38 Å². The van der Waals surface area contributed by atoms with Crippen molar-refractivity contribution >= 4 is 17.3 Å². The lowest BCUT2D eigenvalue weighted by Gasteiger charge is -2.33. The number of hydrogen-bond acceptors (Lipinski definition) is 6. The minimum Gasteiger partial charge on any atom is -0.478 e. The topological polar surface area (TPSA) is 81.8 Å². The largest absolute Gasteiger partial charge is 0.478 e. The van der Waals surface area contributed by atoms with E-state index in [0.717, 1.165) is 17.8 Å². The fraction of sp³-hybridized carbons (Fsp3) is 0.429. The monoisotopic (exact) mass is 309 g/mol. The zero-order chi connectivity index (χ0) is 14.9. The van der Waals surface area contributed by atoms with Gasteiger partial charge in [-0.2, -0.15) is 0 Å². The number of hydrogen-bond donors (Lipinski definition) is 1. The van der Waals surface area contributed by atoms with Gasteiger partial charge in [-0.15, -0.1) is 11.3 Å². The first-order chi connectivity index (χ1) is 10.1. The van der Waals surface area contributed by atoms with Gasteiger partial charge in [-0.05, 0) is 0 Å². The van der Waals surface area contributed by atoms with Crippen LogP contribution >= 0.6 is 11.3 Å². The number of methoxy groups -OCH3 is 1. The molecule has 0 saturated carbocycles. The van der Waals surface area contributed by atoms with Crippen molar-refractivity contribution in [3.05, 3.63) is 28.3 Å². The zero-order valence-corrected chi connectivity index (χ0v) is 12.3. The summed E-state index contributed by atoms with van der Waals surface area (Å²) in [6.07, 6.45) is 2.74. The summed E-state index contributed by atoms with van der Waals surface area (Å²) in [5, 5.41) is 11.7. The van der Waals surface area contributed by atoms with Gasteiger partial charge in [0.05, 0.1) is 5.56 Å². The minimum absolute atomic E-state index is 0.118. The van der Waals surface area contributed by atoms with Crippen LogP contribution in [0.4, 0.5) is 0 Å². The average molecular weight is 309 g/mol. The molecule has 1 aliphatic rings. The van der Waals surface area contributed by atoms with Crippen LogP contribution < -0.4 is 0 Å². The molecule has 2 aromatic heterocycles. The summed E-state index contributed by atoms with van der Waals surface area (Å²) in [7, 11) is 1.68. The first kappa shape index (κ1) is 14.2. The number of carbonyl (C=O) groups is 1. The van der Waals surface area contributed by atoms with Gasteiger partial charge in [0.2, 0.25) is 0 Å². The van der Waals surface area contributed by atoms with Crippen molar-refractivity contribution in [2.45, 2.75) is 18.4 Å². The molecule has 1 saturated heterocycles. The molecule has 7 heteroatoms. The normalized spacial score (nSPS) is 17.8. The summed E-state index contributed by atoms with van der Waals surface area (Å²) < 4.78 is 16.4. The van der Waals surface area contributed by atoms with Gasteiger partial charge in [-0.3, -0.25) is 0 Å². The van der Waals surface area contributed by atoms with E-state index in [-0.39, 0.29) is 5.56 Å². The smallest absolute Gasteiger partial charge is 0.338 e. The Morgan fingerprint density at radius 1 is 1.48 bits per heavy atom. The van der Waals surface area contributed by atoms with E-state index in [0.29, 0.717) is 24.7 Å². The van der Waals surface area contributed by atoms with Gasteiger partial charge in [0.1, 0.15) is 22.6 Å². The van der Waals surface area contributed by atoms with Crippen LogP contribution in [0.2, 0.25) is 0 Å². The molecule has 2 aromatic rings. The standard InChI is InChI=1S/C14H15NO5S/c1-18-14(2-4-19-5-3-14)13-15-10(8-21-13)11-6-9(7-20-11)12(16)17/h6-8H,2-5H2,1H3,(H,16,17). The molecule has 21 heavy (non-hydrogen) atoms. The minimum atomic E-state index is -1.02. The van der Waals surface area contributed by atoms with Crippen LogP contribution in [0.15, 0.2) is 22.1 Å². The third-order valence-electron chi connectivity index (χ3n) is 3.68. The Labute approximate surface area is 125 Å². The highest BCUT2D eigenvalue weighted by atomic mass is 32.1.